The molecule has 92 valence electrons. The standard InChI is InChI=1S/C13H9BrO4/c14-7-12(15)18-11-6-9(13(16)17)5-8-3-1-2-4-10(8)11/h1-6H,7H2,(H,16,17). The molecule has 5 heteroatoms. The maximum absolute atomic E-state index is 11.3. The molecule has 2 rings (SSSR count). The highest BCUT2D eigenvalue weighted by Gasteiger charge is 2.12. The molecule has 4 nitrogen and oxygen atoms in total. The largest absolute Gasteiger partial charge is 0.478 e. The number of benzene rings is 2. The second-order valence-electron chi connectivity index (χ2n) is 3.61. The summed E-state index contributed by atoms with van der Waals surface area (Å²) in [5.41, 5.74) is 0.0890. The summed E-state index contributed by atoms with van der Waals surface area (Å²) in [6.07, 6.45) is 0. The van der Waals surface area contributed by atoms with Crippen molar-refractivity contribution in [3.8, 4) is 5.75 Å². The third-order valence-electron chi connectivity index (χ3n) is 2.40. The van der Waals surface area contributed by atoms with Gasteiger partial charge in [-0.1, -0.05) is 40.2 Å². The Morgan fingerprint density at radius 1 is 1.22 bits per heavy atom. The summed E-state index contributed by atoms with van der Waals surface area (Å²) < 4.78 is 5.12. The second-order valence-corrected chi connectivity index (χ2v) is 4.17. The molecule has 0 bridgehead atoms. The number of fused-ring (bicyclic) bond motifs is 1. The highest BCUT2D eigenvalue weighted by atomic mass is 79.9. The van der Waals surface area contributed by atoms with Gasteiger partial charge in [-0.2, -0.15) is 0 Å². The second kappa shape index (κ2) is 5.18. The van der Waals surface area contributed by atoms with E-state index < -0.39 is 11.9 Å². The van der Waals surface area contributed by atoms with E-state index in [-0.39, 0.29) is 16.6 Å². The fourth-order valence-corrected chi connectivity index (χ4v) is 1.75. The van der Waals surface area contributed by atoms with Crippen molar-refractivity contribution < 1.29 is 19.4 Å². The van der Waals surface area contributed by atoms with E-state index in [1.54, 1.807) is 30.3 Å². The Morgan fingerprint density at radius 2 is 1.94 bits per heavy atom. The van der Waals surface area contributed by atoms with Crippen molar-refractivity contribution in [3.05, 3.63) is 42.0 Å². The Labute approximate surface area is 111 Å². The number of halogens is 1. The van der Waals surface area contributed by atoms with Gasteiger partial charge in [0.05, 0.1) is 5.56 Å². The van der Waals surface area contributed by atoms with Gasteiger partial charge >= 0.3 is 11.9 Å². The van der Waals surface area contributed by atoms with Crippen molar-refractivity contribution in [1.29, 1.82) is 0 Å². The summed E-state index contributed by atoms with van der Waals surface area (Å²) in [6.45, 7) is 0. The van der Waals surface area contributed by atoms with Gasteiger partial charge in [-0.05, 0) is 17.5 Å². The van der Waals surface area contributed by atoms with Crippen molar-refractivity contribution in [2.75, 3.05) is 5.33 Å². The average Bonchev–Trinajstić information content (AvgIpc) is 2.38. The van der Waals surface area contributed by atoms with Crippen LogP contribution in [0.2, 0.25) is 0 Å². The van der Waals surface area contributed by atoms with Crippen molar-refractivity contribution in [2.24, 2.45) is 0 Å². The molecule has 0 saturated carbocycles. The normalized spacial score (nSPS) is 10.3. The molecule has 2 aromatic carbocycles. The lowest BCUT2D eigenvalue weighted by atomic mass is 10.1. The molecule has 0 aliphatic rings. The van der Waals surface area contributed by atoms with E-state index in [0.29, 0.717) is 5.39 Å². The van der Waals surface area contributed by atoms with E-state index >= 15 is 0 Å². The van der Waals surface area contributed by atoms with E-state index in [2.05, 4.69) is 15.9 Å². The zero-order chi connectivity index (χ0) is 13.1. The van der Waals surface area contributed by atoms with Crippen LogP contribution in [-0.4, -0.2) is 22.4 Å². The SMILES string of the molecule is O=C(CBr)Oc1cc(C(=O)O)cc2ccccc12. The van der Waals surface area contributed by atoms with Gasteiger partial charge in [-0.3, -0.25) is 4.79 Å². The first-order valence-corrected chi connectivity index (χ1v) is 6.26. The van der Waals surface area contributed by atoms with Gasteiger partial charge in [0.2, 0.25) is 0 Å². The summed E-state index contributed by atoms with van der Waals surface area (Å²) in [6, 6.07) is 10.0. The molecule has 0 fully saturated rings. The van der Waals surface area contributed by atoms with E-state index in [9.17, 15) is 9.59 Å². The minimum atomic E-state index is -1.06. The molecule has 0 amide bonds. The van der Waals surface area contributed by atoms with Crippen molar-refractivity contribution in [3.63, 3.8) is 0 Å². The van der Waals surface area contributed by atoms with E-state index in [1.165, 1.54) is 6.07 Å². The average molecular weight is 309 g/mol. The Bertz CT molecular complexity index is 621. The quantitative estimate of drug-likeness (QED) is 0.538. The Balaban J connectivity index is 2.60. The van der Waals surface area contributed by atoms with Crippen LogP contribution in [0.1, 0.15) is 10.4 Å². The number of rotatable bonds is 3. The highest BCUT2D eigenvalue weighted by molar-refractivity contribution is 9.09. The zero-order valence-corrected chi connectivity index (χ0v) is 10.8. The summed E-state index contributed by atoms with van der Waals surface area (Å²) in [7, 11) is 0. The number of aromatic carboxylic acids is 1. The Morgan fingerprint density at radius 3 is 2.61 bits per heavy atom. The number of carbonyl (C=O) groups excluding carboxylic acids is 1. The van der Waals surface area contributed by atoms with Crippen LogP contribution in [0, 0.1) is 0 Å². The van der Waals surface area contributed by atoms with Crippen molar-refractivity contribution in [1.82, 2.24) is 0 Å². The number of carboxylic acids is 1. The van der Waals surface area contributed by atoms with Gasteiger partial charge in [-0.25, -0.2) is 4.79 Å². The molecule has 1 N–H and O–H groups in total. The molecule has 18 heavy (non-hydrogen) atoms. The number of ether oxygens (including phenoxy) is 1. The summed E-state index contributed by atoms with van der Waals surface area (Å²) in [4.78, 5) is 22.3. The van der Waals surface area contributed by atoms with Crippen molar-refractivity contribution >= 4 is 38.6 Å². The molecule has 0 aromatic heterocycles. The monoisotopic (exact) mass is 308 g/mol. The Hall–Kier alpha value is -1.88. The van der Waals surface area contributed by atoms with Gasteiger partial charge in [0.1, 0.15) is 11.1 Å². The smallest absolute Gasteiger partial charge is 0.335 e. The van der Waals surface area contributed by atoms with Crippen LogP contribution in [0.4, 0.5) is 0 Å². The van der Waals surface area contributed by atoms with Crippen LogP contribution >= 0.6 is 15.9 Å². The number of hydrogen-bond donors (Lipinski definition) is 1. The molecule has 2 aromatic rings. The lowest BCUT2D eigenvalue weighted by Crippen LogP contribution is -2.09. The maximum Gasteiger partial charge on any atom is 0.335 e. The summed E-state index contributed by atoms with van der Waals surface area (Å²) in [5.74, 6) is -1.27. The van der Waals surface area contributed by atoms with E-state index in [1.807, 2.05) is 0 Å². The predicted molar refractivity (Wildman–Crippen MR) is 70.3 cm³/mol. The molecule has 0 saturated heterocycles. The number of carbonyl (C=O) groups is 2. The van der Waals surface area contributed by atoms with Gasteiger partial charge < -0.3 is 9.84 Å². The van der Waals surface area contributed by atoms with Crippen LogP contribution in [0.5, 0.6) is 5.75 Å². The van der Waals surface area contributed by atoms with Gasteiger partial charge in [0.15, 0.2) is 0 Å². The first-order valence-electron chi connectivity index (χ1n) is 5.14. The first-order chi connectivity index (χ1) is 8.61. The molecule has 0 aliphatic heterocycles. The third kappa shape index (κ3) is 2.51. The minimum absolute atomic E-state index is 0.0542. The van der Waals surface area contributed by atoms with Gasteiger partial charge in [0.25, 0.3) is 0 Å². The first kappa shape index (κ1) is 12.6. The molecule has 0 radical (unpaired) electrons. The van der Waals surface area contributed by atoms with Crippen LogP contribution in [0.25, 0.3) is 10.8 Å². The molecule has 0 aliphatic carbocycles. The molecule has 0 heterocycles. The van der Waals surface area contributed by atoms with E-state index in [4.69, 9.17) is 9.84 Å². The topological polar surface area (TPSA) is 63.6 Å². The van der Waals surface area contributed by atoms with E-state index in [0.717, 1.165) is 5.39 Å². The van der Waals surface area contributed by atoms with Crippen LogP contribution in [-0.2, 0) is 4.79 Å². The molecule has 0 atom stereocenters. The number of carboxylic acid groups (broad SMARTS) is 1. The lowest BCUT2D eigenvalue weighted by molar-refractivity contribution is -0.131. The number of esters is 1. The predicted octanol–water partition coefficient (Wildman–Crippen LogP) is 2.84. The van der Waals surface area contributed by atoms with Gasteiger partial charge in [-0.15, -0.1) is 0 Å². The van der Waals surface area contributed by atoms with Crippen LogP contribution < -0.4 is 4.74 Å². The summed E-state index contributed by atoms with van der Waals surface area (Å²) in [5, 5.41) is 10.5. The highest BCUT2D eigenvalue weighted by Crippen LogP contribution is 2.27. The molecular formula is C13H9BrO4. The fraction of sp³-hybridized carbons (Fsp3) is 0.0769. The van der Waals surface area contributed by atoms with Crippen LogP contribution in [0.3, 0.4) is 0 Å². The molecule has 0 spiro atoms. The minimum Gasteiger partial charge on any atom is -0.478 e. The maximum atomic E-state index is 11.3. The Kier molecular flexibility index (Phi) is 3.62. The van der Waals surface area contributed by atoms with Crippen molar-refractivity contribution in [2.45, 2.75) is 0 Å². The zero-order valence-electron chi connectivity index (χ0n) is 9.22. The number of alkyl halides is 1. The summed E-state index contributed by atoms with van der Waals surface area (Å²) >= 11 is 2.99. The lowest BCUT2D eigenvalue weighted by Gasteiger charge is -2.08. The third-order valence-corrected chi connectivity index (χ3v) is 2.86. The molecule has 0 unspecified atom stereocenters. The van der Waals surface area contributed by atoms with Crippen LogP contribution in [0.15, 0.2) is 36.4 Å². The number of hydrogen-bond acceptors (Lipinski definition) is 3. The molecular weight excluding hydrogens is 300 g/mol. The fourth-order valence-electron chi connectivity index (χ4n) is 1.63. The van der Waals surface area contributed by atoms with Gasteiger partial charge in [0, 0.05) is 5.39 Å².